The molecule has 0 bridgehead atoms. The van der Waals surface area contributed by atoms with Gasteiger partial charge >= 0.3 is 6.03 Å². The average molecular weight is 302 g/mol. The van der Waals surface area contributed by atoms with Crippen LogP contribution >= 0.6 is 0 Å². The van der Waals surface area contributed by atoms with Crippen LogP contribution in [-0.2, 0) is 10.0 Å². The highest BCUT2D eigenvalue weighted by Crippen LogP contribution is 2.25. The van der Waals surface area contributed by atoms with Crippen LogP contribution in [0.25, 0.3) is 0 Å². The second kappa shape index (κ2) is 6.78. The van der Waals surface area contributed by atoms with Crippen LogP contribution in [0.4, 0.5) is 4.79 Å². The molecule has 2 amide bonds. The van der Waals surface area contributed by atoms with E-state index in [0.717, 1.165) is 68.3 Å². The van der Waals surface area contributed by atoms with Crippen molar-refractivity contribution >= 4 is 16.1 Å². The van der Waals surface area contributed by atoms with Gasteiger partial charge < -0.3 is 5.32 Å². The number of hydrogen-bond donors (Lipinski definition) is 1. The maximum absolute atomic E-state index is 12.4. The van der Waals surface area contributed by atoms with Gasteiger partial charge in [-0.1, -0.05) is 38.5 Å². The number of nitrogens with one attached hydrogen (secondary N) is 1. The van der Waals surface area contributed by atoms with Crippen LogP contribution in [0.1, 0.15) is 64.2 Å². The molecule has 2 aliphatic carbocycles. The molecule has 0 aromatic heterocycles. The lowest BCUT2D eigenvalue weighted by Crippen LogP contribution is -2.52. The van der Waals surface area contributed by atoms with Crippen molar-refractivity contribution in [3.63, 3.8) is 0 Å². The first-order valence-electron chi connectivity index (χ1n) is 7.78. The molecule has 2 fully saturated rings. The Hall–Kier alpha value is -0.780. The van der Waals surface area contributed by atoms with Gasteiger partial charge in [0.2, 0.25) is 10.0 Å². The summed E-state index contributed by atoms with van der Waals surface area (Å²) in [5.41, 5.74) is 0. The first kappa shape index (κ1) is 15.6. The Morgan fingerprint density at radius 2 is 1.45 bits per heavy atom. The van der Waals surface area contributed by atoms with Gasteiger partial charge in [0, 0.05) is 12.1 Å². The molecule has 0 aliphatic heterocycles. The molecule has 0 atom stereocenters. The summed E-state index contributed by atoms with van der Waals surface area (Å²) >= 11 is 0. The molecular formula is C14H26N2O3S. The number of carbonyl (C=O) groups excluding carboxylic acids is 1. The van der Waals surface area contributed by atoms with Crippen LogP contribution in [0.5, 0.6) is 0 Å². The number of sulfonamides is 1. The van der Waals surface area contributed by atoms with Crippen molar-refractivity contribution < 1.29 is 13.2 Å². The minimum Gasteiger partial charge on any atom is -0.334 e. The zero-order chi connectivity index (χ0) is 14.6. The standard InChI is InChI=1S/C14H26N2O3S/c1-20(18,19)16(13-10-6-3-7-11-13)14(17)15-12-8-4-2-5-9-12/h12-13H,2-11H2,1H3,(H,15,17). The highest BCUT2D eigenvalue weighted by molar-refractivity contribution is 7.88. The number of carbonyl (C=O) groups is 1. The Morgan fingerprint density at radius 3 is 1.95 bits per heavy atom. The van der Waals surface area contributed by atoms with Gasteiger partial charge in [0.15, 0.2) is 0 Å². The Morgan fingerprint density at radius 1 is 0.950 bits per heavy atom. The number of nitrogens with zero attached hydrogens (tertiary/aromatic N) is 1. The highest BCUT2D eigenvalue weighted by Gasteiger charge is 2.33. The van der Waals surface area contributed by atoms with Crippen molar-refractivity contribution in [1.29, 1.82) is 0 Å². The molecule has 1 N–H and O–H groups in total. The molecule has 20 heavy (non-hydrogen) atoms. The first-order chi connectivity index (χ1) is 9.48. The van der Waals surface area contributed by atoms with E-state index in [9.17, 15) is 13.2 Å². The van der Waals surface area contributed by atoms with E-state index in [4.69, 9.17) is 0 Å². The quantitative estimate of drug-likeness (QED) is 0.871. The Kier molecular flexibility index (Phi) is 5.29. The summed E-state index contributed by atoms with van der Waals surface area (Å²) in [6, 6.07) is -0.419. The van der Waals surface area contributed by atoms with Crippen LogP contribution in [0, 0.1) is 0 Å². The molecular weight excluding hydrogens is 276 g/mol. The predicted molar refractivity (Wildman–Crippen MR) is 79.0 cm³/mol. The lowest BCUT2D eigenvalue weighted by molar-refractivity contribution is 0.193. The monoisotopic (exact) mass is 302 g/mol. The summed E-state index contributed by atoms with van der Waals surface area (Å²) in [5.74, 6) is 0. The predicted octanol–water partition coefficient (Wildman–Crippen LogP) is 2.62. The molecule has 2 saturated carbocycles. The van der Waals surface area contributed by atoms with Crippen LogP contribution in [-0.4, -0.2) is 37.1 Å². The lowest BCUT2D eigenvalue weighted by atomic mass is 9.95. The highest BCUT2D eigenvalue weighted by atomic mass is 32.2. The number of rotatable bonds is 3. The summed E-state index contributed by atoms with van der Waals surface area (Å²) < 4.78 is 25.1. The van der Waals surface area contributed by atoms with Gasteiger partial charge in [-0.15, -0.1) is 0 Å². The van der Waals surface area contributed by atoms with Gasteiger partial charge in [-0.05, 0) is 25.7 Å². The summed E-state index contributed by atoms with van der Waals surface area (Å²) in [4.78, 5) is 12.4. The largest absolute Gasteiger partial charge is 0.334 e. The Labute approximate surface area is 122 Å². The molecule has 0 radical (unpaired) electrons. The minimum atomic E-state index is -3.49. The number of urea groups is 1. The van der Waals surface area contributed by atoms with Crippen LogP contribution in [0.3, 0.4) is 0 Å². The van der Waals surface area contributed by atoms with E-state index in [2.05, 4.69) is 5.32 Å². The third-order valence-electron chi connectivity index (χ3n) is 4.40. The molecule has 0 aromatic rings. The molecule has 0 saturated heterocycles. The molecule has 0 heterocycles. The SMILES string of the molecule is CS(=O)(=O)N(C(=O)NC1CCCCC1)C1CCCCC1. The van der Waals surface area contributed by atoms with Crippen molar-refractivity contribution in [3.8, 4) is 0 Å². The van der Waals surface area contributed by atoms with Crippen molar-refractivity contribution in [2.75, 3.05) is 6.26 Å². The zero-order valence-corrected chi connectivity index (χ0v) is 13.1. The fourth-order valence-electron chi connectivity index (χ4n) is 3.39. The fraction of sp³-hybridized carbons (Fsp3) is 0.929. The van der Waals surface area contributed by atoms with E-state index in [1.54, 1.807) is 0 Å². The van der Waals surface area contributed by atoms with Crippen molar-refractivity contribution in [1.82, 2.24) is 9.62 Å². The van der Waals surface area contributed by atoms with E-state index in [-0.39, 0.29) is 12.1 Å². The average Bonchev–Trinajstić information content (AvgIpc) is 2.39. The third kappa shape index (κ3) is 4.11. The summed E-state index contributed by atoms with van der Waals surface area (Å²) in [7, 11) is -3.49. The van der Waals surface area contributed by atoms with E-state index < -0.39 is 16.1 Å². The van der Waals surface area contributed by atoms with Crippen molar-refractivity contribution in [3.05, 3.63) is 0 Å². The minimum absolute atomic E-state index is 0.143. The van der Waals surface area contributed by atoms with Gasteiger partial charge in [-0.25, -0.2) is 17.5 Å². The van der Waals surface area contributed by atoms with Gasteiger partial charge in [-0.3, -0.25) is 0 Å². The molecule has 2 rings (SSSR count). The van der Waals surface area contributed by atoms with Crippen LogP contribution in [0.2, 0.25) is 0 Å². The van der Waals surface area contributed by atoms with Gasteiger partial charge in [0.1, 0.15) is 0 Å². The van der Waals surface area contributed by atoms with Crippen molar-refractivity contribution in [2.45, 2.75) is 76.3 Å². The van der Waals surface area contributed by atoms with Crippen molar-refractivity contribution in [2.24, 2.45) is 0 Å². The first-order valence-corrected chi connectivity index (χ1v) is 9.63. The zero-order valence-electron chi connectivity index (χ0n) is 12.3. The molecule has 2 aliphatic rings. The normalized spacial score (nSPS) is 22.4. The molecule has 0 unspecified atom stereocenters. The van der Waals surface area contributed by atoms with Gasteiger partial charge in [-0.2, -0.15) is 0 Å². The number of amides is 2. The third-order valence-corrected chi connectivity index (χ3v) is 5.58. The Bertz CT molecular complexity index is 424. The Balaban J connectivity index is 2.03. The number of hydrogen-bond acceptors (Lipinski definition) is 3. The van der Waals surface area contributed by atoms with E-state index in [0.29, 0.717) is 0 Å². The molecule has 0 spiro atoms. The lowest BCUT2D eigenvalue weighted by Gasteiger charge is -2.34. The van der Waals surface area contributed by atoms with Gasteiger partial charge in [0.05, 0.1) is 6.26 Å². The summed E-state index contributed by atoms with van der Waals surface area (Å²) in [6.07, 6.45) is 11.3. The molecule has 6 heteroatoms. The molecule has 116 valence electrons. The maximum Gasteiger partial charge on any atom is 0.331 e. The van der Waals surface area contributed by atoms with Gasteiger partial charge in [0.25, 0.3) is 0 Å². The summed E-state index contributed by atoms with van der Waals surface area (Å²) in [5, 5.41) is 2.93. The molecule has 0 aromatic carbocycles. The summed E-state index contributed by atoms with van der Waals surface area (Å²) in [6.45, 7) is 0. The second-order valence-corrected chi connectivity index (χ2v) is 7.99. The maximum atomic E-state index is 12.4. The van der Waals surface area contributed by atoms with E-state index in [1.165, 1.54) is 6.42 Å². The fourth-order valence-corrected chi connectivity index (χ4v) is 4.49. The topological polar surface area (TPSA) is 66.5 Å². The smallest absolute Gasteiger partial charge is 0.331 e. The van der Waals surface area contributed by atoms with Crippen LogP contribution in [0.15, 0.2) is 0 Å². The second-order valence-electron chi connectivity index (χ2n) is 6.14. The van der Waals surface area contributed by atoms with E-state index in [1.807, 2.05) is 0 Å². The molecule has 5 nitrogen and oxygen atoms in total. The van der Waals surface area contributed by atoms with Crippen LogP contribution < -0.4 is 5.32 Å². The van der Waals surface area contributed by atoms with E-state index >= 15 is 0 Å².